The highest BCUT2D eigenvalue weighted by Gasteiger charge is 2.42. The van der Waals surface area contributed by atoms with Crippen molar-refractivity contribution in [3.8, 4) is 0 Å². The third-order valence-electron chi connectivity index (χ3n) is 4.02. The summed E-state index contributed by atoms with van der Waals surface area (Å²) in [6, 6.07) is 5.59. The molecule has 0 radical (unpaired) electrons. The normalized spacial score (nSPS) is 21.3. The molecule has 21 heavy (non-hydrogen) atoms. The highest BCUT2D eigenvalue weighted by molar-refractivity contribution is 5.79. The molecule has 2 heterocycles. The second kappa shape index (κ2) is 6.11. The number of carboxylic acids is 1. The second-order valence-electron chi connectivity index (χ2n) is 5.81. The summed E-state index contributed by atoms with van der Waals surface area (Å²) in [6.45, 7) is 3.03. The first-order valence-electron chi connectivity index (χ1n) is 7.06. The van der Waals surface area contributed by atoms with Gasteiger partial charge in [-0.3, -0.25) is 9.78 Å². The van der Waals surface area contributed by atoms with Crippen LogP contribution in [0.15, 0.2) is 24.4 Å². The minimum absolute atomic E-state index is 0.115. The quantitative estimate of drug-likeness (QED) is 0.911. The van der Waals surface area contributed by atoms with Gasteiger partial charge in [0.25, 0.3) is 0 Å². The molecule has 0 spiro atoms. The lowest BCUT2D eigenvalue weighted by Gasteiger charge is -2.25. The number of hydrogen-bond donors (Lipinski definition) is 1. The van der Waals surface area contributed by atoms with E-state index in [1.54, 1.807) is 30.0 Å². The van der Waals surface area contributed by atoms with E-state index in [0.717, 1.165) is 5.69 Å². The SMILES string of the molecule is CN(CCc1ccccn1)C(=O)N1CCC(C)(C(=O)O)C1. The van der Waals surface area contributed by atoms with Crippen LogP contribution in [-0.2, 0) is 11.2 Å². The van der Waals surface area contributed by atoms with Crippen molar-refractivity contribution in [1.29, 1.82) is 0 Å². The van der Waals surface area contributed by atoms with Gasteiger partial charge >= 0.3 is 12.0 Å². The van der Waals surface area contributed by atoms with Gasteiger partial charge in [-0.1, -0.05) is 6.07 Å². The summed E-state index contributed by atoms with van der Waals surface area (Å²) < 4.78 is 0. The molecule has 114 valence electrons. The first kappa shape index (κ1) is 15.3. The van der Waals surface area contributed by atoms with Crippen molar-refractivity contribution < 1.29 is 14.7 Å². The monoisotopic (exact) mass is 291 g/mol. The third-order valence-corrected chi connectivity index (χ3v) is 4.02. The van der Waals surface area contributed by atoms with E-state index in [-0.39, 0.29) is 12.6 Å². The maximum Gasteiger partial charge on any atom is 0.319 e. The molecule has 6 heteroatoms. The average molecular weight is 291 g/mol. The van der Waals surface area contributed by atoms with Gasteiger partial charge in [-0.05, 0) is 25.5 Å². The number of amides is 2. The molecule has 2 amide bonds. The van der Waals surface area contributed by atoms with Crippen molar-refractivity contribution in [2.75, 3.05) is 26.7 Å². The molecule has 1 unspecified atom stereocenters. The molecule has 6 nitrogen and oxygen atoms in total. The van der Waals surface area contributed by atoms with E-state index >= 15 is 0 Å². The average Bonchev–Trinajstić information content (AvgIpc) is 2.89. The predicted octanol–water partition coefficient (Wildman–Crippen LogP) is 1.47. The number of likely N-dealkylation sites (N-methyl/N-ethyl adjacent to an activating group) is 1. The van der Waals surface area contributed by atoms with E-state index in [0.29, 0.717) is 25.9 Å². The van der Waals surface area contributed by atoms with Gasteiger partial charge in [-0.15, -0.1) is 0 Å². The van der Waals surface area contributed by atoms with Crippen molar-refractivity contribution in [2.24, 2.45) is 5.41 Å². The maximum absolute atomic E-state index is 12.3. The van der Waals surface area contributed by atoms with Crippen molar-refractivity contribution in [2.45, 2.75) is 19.8 Å². The summed E-state index contributed by atoms with van der Waals surface area (Å²) in [5, 5.41) is 9.20. The number of likely N-dealkylation sites (tertiary alicyclic amines) is 1. The Hall–Kier alpha value is -2.11. The minimum Gasteiger partial charge on any atom is -0.481 e. The summed E-state index contributed by atoms with van der Waals surface area (Å²) in [5.74, 6) is -0.839. The van der Waals surface area contributed by atoms with Gasteiger partial charge in [0.15, 0.2) is 0 Å². The van der Waals surface area contributed by atoms with Crippen molar-refractivity contribution in [3.05, 3.63) is 30.1 Å². The molecule has 1 fully saturated rings. The van der Waals surface area contributed by atoms with Crippen LogP contribution in [0.2, 0.25) is 0 Å². The van der Waals surface area contributed by atoms with E-state index in [9.17, 15) is 14.7 Å². The fraction of sp³-hybridized carbons (Fsp3) is 0.533. The molecule has 1 aliphatic heterocycles. The third kappa shape index (κ3) is 3.51. The summed E-state index contributed by atoms with van der Waals surface area (Å²) >= 11 is 0. The topological polar surface area (TPSA) is 73.7 Å². The molecule has 1 aromatic heterocycles. The number of pyridine rings is 1. The number of rotatable bonds is 4. The minimum atomic E-state index is -0.839. The fourth-order valence-corrected chi connectivity index (χ4v) is 2.46. The van der Waals surface area contributed by atoms with Gasteiger partial charge in [0, 0.05) is 45.0 Å². The zero-order valence-electron chi connectivity index (χ0n) is 12.5. The van der Waals surface area contributed by atoms with E-state index in [4.69, 9.17) is 0 Å². The largest absolute Gasteiger partial charge is 0.481 e. The Labute approximate surface area is 124 Å². The number of carboxylic acid groups (broad SMARTS) is 1. The first-order chi connectivity index (χ1) is 9.92. The van der Waals surface area contributed by atoms with Crippen LogP contribution in [0.5, 0.6) is 0 Å². The van der Waals surface area contributed by atoms with Crippen LogP contribution < -0.4 is 0 Å². The summed E-state index contributed by atoms with van der Waals surface area (Å²) in [4.78, 5) is 31.0. The number of carbonyl (C=O) groups excluding carboxylic acids is 1. The Kier molecular flexibility index (Phi) is 4.45. The Morgan fingerprint density at radius 3 is 2.81 bits per heavy atom. The lowest BCUT2D eigenvalue weighted by Crippen LogP contribution is -2.42. The zero-order chi connectivity index (χ0) is 15.5. The number of nitrogens with zero attached hydrogens (tertiary/aromatic N) is 3. The van der Waals surface area contributed by atoms with E-state index in [1.165, 1.54) is 0 Å². The fourth-order valence-electron chi connectivity index (χ4n) is 2.46. The van der Waals surface area contributed by atoms with E-state index in [1.807, 2.05) is 18.2 Å². The predicted molar refractivity (Wildman–Crippen MR) is 77.9 cm³/mol. The molecule has 1 aromatic rings. The molecule has 0 bridgehead atoms. The van der Waals surface area contributed by atoms with Gasteiger partial charge in [-0.25, -0.2) is 4.79 Å². The summed E-state index contributed by atoms with van der Waals surface area (Å²) in [6.07, 6.45) is 2.92. The van der Waals surface area contributed by atoms with Crippen molar-refractivity contribution >= 4 is 12.0 Å². The van der Waals surface area contributed by atoms with E-state index < -0.39 is 11.4 Å². The Bertz CT molecular complexity index is 520. The smallest absolute Gasteiger partial charge is 0.319 e. The zero-order valence-corrected chi connectivity index (χ0v) is 12.5. The molecule has 2 rings (SSSR count). The van der Waals surface area contributed by atoms with Crippen LogP contribution in [0, 0.1) is 5.41 Å². The van der Waals surface area contributed by atoms with Crippen molar-refractivity contribution in [1.82, 2.24) is 14.8 Å². The number of hydrogen-bond acceptors (Lipinski definition) is 3. The van der Waals surface area contributed by atoms with Crippen LogP contribution in [0.4, 0.5) is 4.79 Å². The summed E-state index contributed by atoms with van der Waals surface area (Å²) in [7, 11) is 1.74. The highest BCUT2D eigenvalue weighted by Crippen LogP contribution is 2.30. The molecular formula is C15H21N3O3. The molecule has 1 N–H and O–H groups in total. The molecule has 0 saturated carbocycles. The molecular weight excluding hydrogens is 270 g/mol. The lowest BCUT2D eigenvalue weighted by atomic mass is 9.90. The number of urea groups is 1. The van der Waals surface area contributed by atoms with Crippen molar-refractivity contribution in [3.63, 3.8) is 0 Å². The molecule has 1 saturated heterocycles. The lowest BCUT2D eigenvalue weighted by molar-refractivity contribution is -0.147. The van der Waals surface area contributed by atoms with Gasteiger partial charge in [-0.2, -0.15) is 0 Å². The van der Waals surface area contributed by atoms with Crippen LogP contribution >= 0.6 is 0 Å². The maximum atomic E-state index is 12.3. The molecule has 1 aliphatic rings. The number of carbonyl (C=O) groups is 2. The second-order valence-corrected chi connectivity index (χ2v) is 5.81. The van der Waals surface area contributed by atoms with Crippen LogP contribution in [0.3, 0.4) is 0 Å². The standard InChI is InChI=1S/C15H21N3O3/c1-15(13(19)20)7-10-18(11-15)14(21)17(2)9-6-12-5-3-4-8-16-12/h3-5,8H,6-7,9-11H2,1-2H3,(H,19,20). The molecule has 1 atom stereocenters. The number of aromatic nitrogens is 1. The van der Waals surface area contributed by atoms with Crippen LogP contribution in [-0.4, -0.2) is 58.6 Å². The first-order valence-corrected chi connectivity index (χ1v) is 7.06. The summed E-state index contributed by atoms with van der Waals surface area (Å²) in [5.41, 5.74) is 0.117. The van der Waals surface area contributed by atoms with Crippen LogP contribution in [0.1, 0.15) is 19.0 Å². The van der Waals surface area contributed by atoms with Gasteiger partial charge in [0.1, 0.15) is 0 Å². The Balaban J connectivity index is 1.87. The highest BCUT2D eigenvalue weighted by atomic mass is 16.4. The Morgan fingerprint density at radius 1 is 1.48 bits per heavy atom. The molecule has 0 aliphatic carbocycles. The van der Waals surface area contributed by atoms with Gasteiger partial charge in [0.2, 0.25) is 0 Å². The van der Waals surface area contributed by atoms with Gasteiger partial charge < -0.3 is 14.9 Å². The van der Waals surface area contributed by atoms with E-state index in [2.05, 4.69) is 4.98 Å². The molecule has 0 aromatic carbocycles. The van der Waals surface area contributed by atoms with Crippen LogP contribution in [0.25, 0.3) is 0 Å². The number of aliphatic carboxylic acids is 1. The van der Waals surface area contributed by atoms with Gasteiger partial charge in [0.05, 0.1) is 5.41 Å². The Morgan fingerprint density at radius 2 is 2.24 bits per heavy atom.